The molecule has 1 aromatic rings. The third-order valence-corrected chi connectivity index (χ3v) is 3.31. The largest absolute Gasteiger partial charge is 0.494 e. The van der Waals surface area contributed by atoms with Gasteiger partial charge in [-0.15, -0.1) is 0 Å². The SMILES string of the molecule is CN(C)CC1CC(O)CN1C(=O)c1cc(O)[nH]c(=O)c1. The lowest BCUT2D eigenvalue weighted by Crippen LogP contribution is -2.41. The number of H-pyrrole nitrogens is 1. The van der Waals surface area contributed by atoms with E-state index in [1.54, 1.807) is 4.90 Å². The van der Waals surface area contributed by atoms with Crippen LogP contribution in [0.25, 0.3) is 0 Å². The Balaban J connectivity index is 2.24. The van der Waals surface area contributed by atoms with Crippen LogP contribution < -0.4 is 5.56 Å². The summed E-state index contributed by atoms with van der Waals surface area (Å²) in [7, 11) is 3.79. The monoisotopic (exact) mass is 281 g/mol. The van der Waals surface area contributed by atoms with E-state index >= 15 is 0 Å². The van der Waals surface area contributed by atoms with Crippen molar-refractivity contribution < 1.29 is 15.0 Å². The molecule has 0 radical (unpaired) electrons. The first-order chi connectivity index (χ1) is 9.36. The normalized spacial score (nSPS) is 22.5. The molecule has 110 valence electrons. The number of aromatic amines is 1. The number of β-amino-alcohol motifs (C(OH)–C–C–N with tert-alkyl or cyclic N) is 1. The lowest BCUT2D eigenvalue weighted by atomic mass is 10.1. The number of carbonyl (C=O) groups is 1. The second kappa shape index (κ2) is 5.64. The third kappa shape index (κ3) is 3.17. The van der Waals surface area contributed by atoms with Crippen molar-refractivity contribution in [2.24, 2.45) is 0 Å². The van der Waals surface area contributed by atoms with Crippen molar-refractivity contribution in [1.82, 2.24) is 14.8 Å². The van der Waals surface area contributed by atoms with Crippen molar-refractivity contribution >= 4 is 5.91 Å². The molecule has 1 aliphatic rings. The van der Waals surface area contributed by atoms with Crippen molar-refractivity contribution in [2.45, 2.75) is 18.6 Å². The number of aliphatic hydroxyl groups is 1. The smallest absolute Gasteiger partial charge is 0.254 e. The van der Waals surface area contributed by atoms with Crippen molar-refractivity contribution in [3.8, 4) is 5.88 Å². The van der Waals surface area contributed by atoms with E-state index in [9.17, 15) is 19.8 Å². The Bertz CT molecular complexity index is 555. The average molecular weight is 281 g/mol. The van der Waals surface area contributed by atoms with E-state index in [1.165, 1.54) is 6.07 Å². The van der Waals surface area contributed by atoms with Gasteiger partial charge in [-0.3, -0.25) is 14.6 Å². The summed E-state index contributed by atoms with van der Waals surface area (Å²) < 4.78 is 0. The van der Waals surface area contributed by atoms with Gasteiger partial charge in [0.1, 0.15) is 0 Å². The summed E-state index contributed by atoms with van der Waals surface area (Å²) in [5.41, 5.74) is -0.402. The van der Waals surface area contributed by atoms with Crippen molar-refractivity contribution in [1.29, 1.82) is 0 Å². The quantitative estimate of drug-likeness (QED) is 0.675. The maximum Gasteiger partial charge on any atom is 0.254 e. The highest BCUT2D eigenvalue weighted by Crippen LogP contribution is 2.21. The molecule has 3 N–H and O–H groups in total. The number of carbonyl (C=O) groups excluding carboxylic acids is 1. The lowest BCUT2D eigenvalue weighted by molar-refractivity contribution is 0.0698. The van der Waals surface area contributed by atoms with Crippen LogP contribution in [0.4, 0.5) is 0 Å². The van der Waals surface area contributed by atoms with Crippen molar-refractivity contribution in [3.63, 3.8) is 0 Å². The minimum Gasteiger partial charge on any atom is -0.494 e. The summed E-state index contributed by atoms with van der Waals surface area (Å²) in [6.45, 7) is 0.878. The molecule has 1 saturated heterocycles. The number of amides is 1. The number of hydrogen-bond acceptors (Lipinski definition) is 5. The highest BCUT2D eigenvalue weighted by atomic mass is 16.3. The second-order valence-electron chi connectivity index (χ2n) is 5.38. The Morgan fingerprint density at radius 2 is 2.20 bits per heavy atom. The Morgan fingerprint density at radius 3 is 2.80 bits per heavy atom. The molecular formula is C13H19N3O4. The van der Waals surface area contributed by atoms with Gasteiger partial charge in [-0.1, -0.05) is 0 Å². The zero-order valence-corrected chi connectivity index (χ0v) is 11.5. The average Bonchev–Trinajstić information content (AvgIpc) is 2.67. The van der Waals surface area contributed by atoms with E-state index in [0.29, 0.717) is 13.0 Å². The number of nitrogens with zero attached hydrogens (tertiary/aromatic N) is 2. The minimum atomic E-state index is -0.556. The minimum absolute atomic E-state index is 0.103. The zero-order valence-electron chi connectivity index (χ0n) is 11.5. The molecule has 7 nitrogen and oxygen atoms in total. The fraction of sp³-hybridized carbons (Fsp3) is 0.538. The fourth-order valence-corrected chi connectivity index (χ4v) is 2.55. The predicted octanol–water partition coefficient (Wildman–Crippen LogP) is -0.782. The van der Waals surface area contributed by atoms with Crippen LogP contribution in [0.1, 0.15) is 16.8 Å². The third-order valence-electron chi connectivity index (χ3n) is 3.31. The maximum atomic E-state index is 12.4. The van der Waals surface area contributed by atoms with Crippen molar-refractivity contribution in [2.75, 3.05) is 27.2 Å². The number of aromatic hydroxyl groups is 1. The van der Waals surface area contributed by atoms with E-state index in [-0.39, 0.29) is 29.9 Å². The molecule has 0 saturated carbocycles. The summed E-state index contributed by atoms with van der Waals surface area (Å²) in [6, 6.07) is 2.27. The van der Waals surface area contributed by atoms with Gasteiger partial charge in [-0.05, 0) is 20.5 Å². The molecule has 1 aromatic heterocycles. The van der Waals surface area contributed by atoms with Crippen LogP contribution in [0.3, 0.4) is 0 Å². The zero-order chi connectivity index (χ0) is 14.9. The number of nitrogens with one attached hydrogen (secondary N) is 1. The predicted molar refractivity (Wildman–Crippen MR) is 72.7 cm³/mol. The van der Waals surface area contributed by atoms with E-state index in [0.717, 1.165) is 6.07 Å². The lowest BCUT2D eigenvalue weighted by Gasteiger charge is -2.26. The standard InChI is InChI=1S/C13H19N3O4/c1-15(2)6-9-5-10(17)7-16(9)13(20)8-3-11(18)14-12(19)4-8/h3-4,9-10,17H,5-7H2,1-2H3,(H2,14,18,19). The number of hydrogen-bond donors (Lipinski definition) is 3. The first kappa shape index (κ1) is 14.5. The summed E-state index contributed by atoms with van der Waals surface area (Å²) >= 11 is 0. The number of likely N-dealkylation sites (tertiary alicyclic amines) is 1. The van der Waals surface area contributed by atoms with E-state index < -0.39 is 11.7 Å². The van der Waals surface area contributed by atoms with Crippen LogP contribution in [0.5, 0.6) is 5.88 Å². The van der Waals surface area contributed by atoms with Crippen LogP contribution in [-0.4, -0.2) is 70.2 Å². The van der Waals surface area contributed by atoms with E-state index in [4.69, 9.17) is 0 Å². The van der Waals surface area contributed by atoms with Crippen molar-refractivity contribution in [3.05, 3.63) is 28.0 Å². The van der Waals surface area contributed by atoms with Gasteiger partial charge in [-0.25, -0.2) is 0 Å². The number of aromatic nitrogens is 1. The number of rotatable bonds is 3. The topological polar surface area (TPSA) is 96.9 Å². The number of pyridine rings is 1. The molecule has 2 atom stereocenters. The van der Waals surface area contributed by atoms with Crippen LogP contribution >= 0.6 is 0 Å². The van der Waals surface area contributed by atoms with Crippen LogP contribution in [0.15, 0.2) is 16.9 Å². The molecule has 0 aromatic carbocycles. The van der Waals surface area contributed by atoms with Gasteiger partial charge in [0.05, 0.1) is 11.7 Å². The molecule has 1 amide bonds. The molecule has 0 spiro atoms. The Morgan fingerprint density at radius 1 is 1.50 bits per heavy atom. The van der Waals surface area contributed by atoms with Gasteiger partial charge in [0, 0.05) is 31.3 Å². The van der Waals surface area contributed by atoms with Gasteiger partial charge in [0.2, 0.25) is 0 Å². The summed E-state index contributed by atoms with van der Waals surface area (Å²) in [5.74, 6) is -0.695. The first-order valence-electron chi connectivity index (χ1n) is 6.44. The molecule has 0 aliphatic carbocycles. The van der Waals surface area contributed by atoms with Gasteiger partial charge >= 0.3 is 0 Å². The van der Waals surface area contributed by atoms with Crippen LogP contribution in [0, 0.1) is 0 Å². The second-order valence-corrected chi connectivity index (χ2v) is 5.38. The highest BCUT2D eigenvalue weighted by molar-refractivity contribution is 5.94. The van der Waals surface area contributed by atoms with Crippen LogP contribution in [0.2, 0.25) is 0 Å². The van der Waals surface area contributed by atoms with Gasteiger partial charge in [-0.2, -0.15) is 0 Å². The molecule has 1 fully saturated rings. The highest BCUT2D eigenvalue weighted by Gasteiger charge is 2.35. The van der Waals surface area contributed by atoms with Gasteiger partial charge in [0.15, 0.2) is 5.88 Å². The molecule has 2 heterocycles. The van der Waals surface area contributed by atoms with Gasteiger partial charge < -0.3 is 20.0 Å². The summed E-state index contributed by atoms with van der Waals surface area (Å²) in [6.07, 6.45) is -0.0430. The van der Waals surface area contributed by atoms with E-state index in [2.05, 4.69) is 4.98 Å². The molecule has 0 bridgehead atoms. The molecule has 20 heavy (non-hydrogen) atoms. The summed E-state index contributed by atoms with van der Waals surface area (Å²) in [5, 5.41) is 19.1. The Kier molecular flexibility index (Phi) is 4.10. The molecule has 7 heteroatoms. The molecule has 1 aliphatic heterocycles. The first-order valence-corrected chi connectivity index (χ1v) is 6.44. The summed E-state index contributed by atoms with van der Waals surface area (Å²) in [4.78, 5) is 29.4. The van der Waals surface area contributed by atoms with Crippen LogP contribution in [-0.2, 0) is 0 Å². The van der Waals surface area contributed by atoms with Gasteiger partial charge in [0.25, 0.3) is 11.5 Å². The molecular weight excluding hydrogens is 262 g/mol. The molecule has 2 rings (SSSR count). The Hall–Kier alpha value is -1.86. The maximum absolute atomic E-state index is 12.4. The number of likely N-dealkylation sites (N-methyl/N-ethyl adjacent to an activating group) is 1. The van der Waals surface area contributed by atoms with E-state index in [1.807, 2.05) is 19.0 Å². The number of aliphatic hydroxyl groups excluding tert-OH is 1. The fourth-order valence-electron chi connectivity index (χ4n) is 2.55. The molecule has 2 unspecified atom stereocenters. The Labute approximate surface area is 116 Å².